The zero-order chi connectivity index (χ0) is 31.2. The van der Waals surface area contributed by atoms with E-state index in [0.29, 0.717) is 12.8 Å². The zero-order valence-corrected chi connectivity index (χ0v) is 28.6. The van der Waals surface area contributed by atoms with Crippen molar-refractivity contribution in [3.63, 3.8) is 0 Å². The summed E-state index contributed by atoms with van der Waals surface area (Å²) in [6.45, 7) is 12.0. The number of aromatic amines is 4. The van der Waals surface area contributed by atoms with Crippen LogP contribution < -0.4 is 51.0 Å². The molecule has 1 atom stereocenters. The average Bonchev–Trinajstić information content (AvgIpc) is 3.59. The molecule has 9 nitrogen and oxygen atoms in total. The molecule has 0 aliphatic carbocycles. The van der Waals surface area contributed by atoms with Gasteiger partial charge in [0.15, 0.2) is 0 Å². The Hall–Kier alpha value is -3.50. The number of hydrogen-bond donors (Lipinski definition) is 7. The van der Waals surface area contributed by atoms with E-state index in [9.17, 15) is 24.9 Å². The summed E-state index contributed by atoms with van der Waals surface area (Å²) in [4.78, 5) is 37.3. The van der Waals surface area contributed by atoms with E-state index in [-0.39, 0.29) is 42.4 Å². The van der Waals surface area contributed by atoms with E-state index in [4.69, 9.17) is 0 Å². The third kappa shape index (κ3) is 6.33. The minimum Gasteiger partial charge on any atom is -0.481 e. The number of aliphatic hydroxyl groups excluding tert-OH is 1. The van der Waals surface area contributed by atoms with Gasteiger partial charge in [0, 0.05) is 62.6 Å². The van der Waals surface area contributed by atoms with Crippen LogP contribution in [0, 0.1) is 27.7 Å². The van der Waals surface area contributed by atoms with E-state index in [1.54, 1.807) is 6.92 Å². The van der Waals surface area contributed by atoms with Crippen molar-refractivity contribution in [1.82, 2.24) is 19.9 Å². The Bertz CT molecular complexity index is 2000. The number of rotatable bonds is 8. The molecule has 4 aromatic heterocycles. The van der Waals surface area contributed by atoms with Crippen molar-refractivity contribution in [2.24, 2.45) is 0 Å². The Morgan fingerprint density at radius 3 is 1.66 bits per heavy atom. The number of carboxylic acid groups (broad SMARTS) is 2. The maximum atomic E-state index is 11.6. The van der Waals surface area contributed by atoms with Gasteiger partial charge in [-0.3, -0.25) is 9.59 Å². The summed E-state index contributed by atoms with van der Waals surface area (Å²) in [5.41, 5.74) is 11.1. The molecule has 0 aromatic carbocycles. The fraction of sp³-hybridized carbons (Fsp3) is 0.353. The number of carbonyl (C=O) groups is 2. The van der Waals surface area contributed by atoms with Gasteiger partial charge in [0.1, 0.15) is 0 Å². The van der Waals surface area contributed by atoms with Crippen molar-refractivity contribution in [3.05, 3.63) is 88.7 Å². The largest absolute Gasteiger partial charge is 1.00 e. The average molecular weight is 608 g/mol. The molecule has 226 valence electrons. The van der Waals surface area contributed by atoms with Crippen molar-refractivity contribution < 1.29 is 54.5 Å². The van der Waals surface area contributed by atoms with Gasteiger partial charge in [0.25, 0.3) is 0 Å². The normalized spacial score (nSPS) is 12.8. The first-order valence-electron chi connectivity index (χ1n) is 14.8. The quantitative estimate of drug-likeness (QED) is 0.119. The zero-order valence-electron chi connectivity index (χ0n) is 26.6. The molecule has 0 amide bonds. The maximum absolute atomic E-state index is 11.6. The van der Waals surface area contributed by atoms with Crippen LogP contribution in [0.4, 0.5) is 0 Å². The summed E-state index contributed by atoms with van der Waals surface area (Å²) < 4.78 is 0. The Labute approximate surface area is 277 Å². The summed E-state index contributed by atoms with van der Waals surface area (Å²) in [5, 5.41) is 33.3. The molecule has 5 rings (SSSR count). The molecule has 44 heavy (non-hydrogen) atoms. The number of aromatic nitrogens is 4. The predicted molar refractivity (Wildman–Crippen MR) is 167 cm³/mol. The van der Waals surface area contributed by atoms with Gasteiger partial charge >= 0.3 is 41.5 Å². The Kier molecular flexibility index (Phi) is 10.0. The van der Waals surface area contributed by atoms with Gasteiger partial charge in [-0.05, 0) is 117 Å². The predicted octanol–water partition coefficient (Wildman–Crippen LogP) is -0.485. The summed E-state index contributed by atoms with van der Waals surface area (Å²) in [7, 11) is 0. The molecule has 1 aliphatic heterocycles. The summed E-state index contributed by atoms with van der Waals surface area (Å²) in [5.74, 6) is -1.75. The Morgan fingerprint density at radius 1 is 0.636 bits per heavy atom. The van der Waals surface area contributed by atoms with Gasteiger partial charge in [-0.15, -0.1) is 0 Å². The Morgan fingerprint density at radius 2 is 1.09 bits per heavy atom. The van der Waals surface area contributed by atoms with E-state index in [1.165, 1.54) is 5.56 Å². The summed E-state index contributed by atoms with van der Waals surface area (Å²) in [6, 6.07) is 0. The van der Waals surface area contributed by atoms with Gasteiger partial charge in [-0.25, -0.2) is 0 Å². The second-order valence-corrected chi connectivity index (χ2v) is 11.6. The van der Waals surface area contributed by atoms with Crippen LogP contribution in [0.1, 0.15) is 100 Å². The first-order chi connectivity index (χ1) is 20.4. The molecule has 1 aliphatic rings. The van der Waals surface area contributed by atoms with E-state index in [0.717, 1.165) is 89.5 Å². The molecular formula is C34H40N4NaO5+. The fourth-order valence-corrected chi connectivity index (χ4v) is 6.43. The molecule has 0 saturated heterocycles. The molecule has 0 fully saturated rings. The molecule has 0 spiro atoms. The van der Waals surface area contributed by atoms with Crippen molar-refractivity contribution in [2.75, 3.05) is 0 Å². The number of H-pyrrole nitrogens is 4. The standard InChI is InChI=1S/C34H40N4O5.Na/c1-7-21-16(2)24-12-25-17(3)22(8-10-32(40)41)29(36-25)15-30-23(9-11-33(42)43)18(4)26(37-30)14-31-34(20(6)39)19(5)27(38-31)13-28(21)35-24;/h12-15,20,35-39H,7-11H2,1-6H3,(H,40,41)(H,42,43);/q;+1. The fourth-order valence-electron chi connectivity index (χ4n) is 6.43. The van der Waals surface area contributed by atoms with Crippen molar-refractivity contribution in [1.29, 1.82) is 0 Å². The third-order valence-corrected chi connectivity index (χ3v) is 8.82. The number of aliphatic carboxylic acids is 2. The first kappa shape index (κ1) is 33.4. The van der Waals surface area contributed by atoms with E-state index in [1.807, 2.05) is 32.9 Å². The Balaban J connectivity index is 0.00000442. The van der Waals surface area contributed by atoms with Crippen LogP contribution >= 0.6 is 0 Å². The van der Waals surface area contributed by atoms with E-state index in [2.05, 4.69) is 45.9 Å². The summed E-state index contributed by atoms with van der Waals surface area (Å²) in [6.07, 6.45) is 8.88. The molecule has 8 bridgehead atoms. The van der Waals surface area contributed by atoms with Crippen LogP contribution in [-0.2, 0) is 28.9 Å². The minimum absolute atomic E-state index is 0. The third-order valence-electron chi connectivity index (χ3n) is 8.82. The summed E-state index contributed by atoms with van der Waals surface area (Å²) >= 11 is 0. The van der Waals surface area contributed by atoms with Crippen molar-refractivity contribution in [3.8, 4) is 0 Å². The van der Waals surface area contributed by atoms with Crippen LogP contribution in [0.5, 0.6) is 0 Å². The smallest absolute Gasteiger partial charge is 0.481 e. The van der Waals surface area contributed by atoms with Gasteiger partial charge in [0.2, 0.25) is 0 Å². The minimum atomic E-state index is -0.881. The number of aliphatic hydroxyl groups is 1. The molecule has 4 aromatic rings. The molecule has 0 radical (unpaired) electrons. The topological polar surface area (TPSA) is 158 Å². The molecule has 5 heterocycles. The number of carboxylic acids is 2. The maximum Gasteiger partial charge on any atom is 1.00 e. The number of fused-ring (bicyclic) bond motifs is 8. The van der Waals surface area contributed by atoms with Crippen LogP contribution in [0.2, 0.25) is 0 Å². The number of nitrogens with one attached hydrogen (secondary N) is 4. The first-order valence-corrected chi connectivity index (χ1v) is 14.8. The van der Waals surface area contributed by atoms with Gasteiger partial charge in [-0.2, -0.15) is 0 Å². The number of hydrogen-bond acceptors (Lipinski definition) is 3. The SMILES string of the molecule is CCc1c(C)c2[nH]c1=Cc1[nH]c(c(C(C)O)c1C)C=c1[nH]c(c(CCC(=O)O)c1C)=Cc1[nH]c(c(C)c1CCC(=O)O)C=2.[Na+]. The van der Waals surface area contributed by atoms with Crippen LogP contribution in [0.25, 0.3) is 24.3 Å². The monoisotopic (exact) mass is 607 g/mol. The second-order valence-electron chi connectivity index (χ2n) is 11.6. The molecule has 1 unspecified atom stereocenters. The van der Waals surface area contributed by atoms with Crippen molar-refractivity contribution in [2.45, 2.75) is 79.8 Å². The van der Waals surface area contributed by atoms with Crippen LogP contribution in [0.3, 0.4) is 0 Å². The molecular weight excluding hydrogens is 567 g/mol. The van der Waals surface area contributed by atoms with E-state index < -0.39 is 18.0 Å². The molecule has 0 saturated carbocycles. The van der Waals surface area contributed by atoms with Crippen LogP contribution in [-0.4, -0.2) is 47.2 Å². The second kappa shape index (κ2) is 13.2. The van der Waals surface area contributed by atoms with Gasteiger partial charge in [-0.1, -0.05) is 6.92 Å². The van der Waals surface area contributed by atoms with Gasteiger partial charge in [0.05, 0.1) is 6.10 Å². The molecule has 10 heteroatoms. The van der Waals surface area contributed by atoms with Crippen LogP contribution in [0.15, 0.2) is 0 Å². The van der Waals surface area contributed by atoms with Crippen molar-refractivity contribution >= 4 is 36.2 Å². The van der Waals surface area contributed by atoms with Gasteiger partial charge < -0.3 is 35.3 Å². The van der Waals surface area contributed by atoms with E-state index >= 15 is 0 Å². The molecule has 7 N–H and O–H groups in total.